The fraction of sp³-hybridized carbons (Fsp3) is 0.118. The number of carboxylic acids is 1. The van der Waals surface area contributed by atoms with Crippen molar-refractivity contribution >= 4 is 11.7 Å². The van der Waals surface area contributed by atoms with Crippen molar-refractivity contribution in [2.24, 2.45) is 10.3 Å². The Morgan fingerprint density at radius 2 is 2.00 bits per heavy atom. The van der Waals surface area contributed by atoms with Gasteiger partial charge >= 0.3 is 5.97 Å². The highest BCUT2D eigenvalue weighted by molar-refractivity contribution is 5.86. The van der Waals surface area contributed by atoms with E-state index in [1.165, 1.54) is 5.01 Å². The second-order valence-electron chi connectivity index (χ2n) is 4.93. The molecular formula is C17H13N3O2. The number of hydrogen-bond donors (Lipinski definition) is 1. The molecule has 5 heteroatoms. The molecule has 0 saturated heterocycles. The summed E-state index contributed by atoms with van der Waals surface area (Å²) in [6.45, 7) is 0.0482. The molecule has 2 aromatic rings. The molecule has 0 saturated carbocycles. The van der Waals surface area contributed by atoms with Crippen LogP contribution in [0.4, 0.5) is 5.69 Å². The molecule has 1 aliphatic rings. The lowest BCUT2D eigenvalue weighted by molar-refractivity contribution is -0.143. The summed E-state index contributed by atoms with van der Waals surface area (Å²) in [5.74, 6) is 1.54. The normalized spacial score (nSPS) is 19.9. The fourth-order valence-corrected chi connectivity index (χ4v) is 2.55. The van der Waals surface area contributed by atoms with E-state index < -0.39 is 11.5 Å². The summed E-state index contributed by atoms with van der Waals surface area (Å²) in [7, 11) is 0. The summed E-state index contributed by atoms with van der Waals surface area (Å²) < 4.78 is 0. The number of terminal acetylenes is 1. The number of anilines is 1. The largest absolute Gasteiger partial charge is 0.479 e. The Labute approximate surface area is 127 Å². The maximum atomic E-state index is 12.1. The van der Waals surface area contributed by atoms with Crippen LogP contribution in [0, 0.1) is 12.3 Å². The molecule has 0 radical (unpaired) electrons. The first kappa shape index (κ1) is 13.8. The molecule has 1 unspecified atom stereocenters. The molecule has 5 nitrogen and oxygen atoms in total. The van der Waals surface area contributed by atoms with Crippen LogP contribution in [-0.2, 0) is 10.3 Å². The van der Waals surface area contributed by atoms with E-state index in [-0.39, 0.29) is 6.54 Å². The monoisotopic (exact) mass is 291 g/mol. The molecule has 0 fully saturated rings. The molecule has 3 rings (SSSR count). The quantitative estimate of drug-likeness (QED) is 0.884. The highest BCUT2D eigenvalue weighted by Crippen LogP contribution is 2.38. The highest BCUT2D eigenvalue weighted by Gasteiger charge is 2.50. The smallest absolute Gasteiger partial charge is 0.338 e. The van der Waals surface area contributed by atoms with E-state index in [1.807, 2.05) is 6.07 Å². The second kappa shape index (κ2) is 5.34. The third-order valence-electron chi connectivity index (χ3n) is 3.68. The zero-order chi connectivity index (χ0) is 15.6. The lowest BCUT2D eigenvalue weighted by atomic mass is 9.89. The summed E-state index contributed by atoms with van der Waals surface area (Å²) >= 11 is 0. The molecule has 0 bridgehead atoms. The molecule has 2 aromatic carbocycles. The molecule has 1 aliphatic heterocycles. The molecular weight excluding hydrogens is 278 g/mol. The second-order valence-corrected chi connectivity index (χ2v) is 4.93. The number of hydrogen-bond acceptors (Lipinski definition) is 4. The van der Waals surface area contributed by atoms with E-state index >= 15 is 0 Å². The number of carbonyl (C=O) groups is 1. The third-order valence-corrected chi connectivity index (χ3v) is 3.68. The van der Waals surface area contributed by atoms with Crippen LogP contribution < -0.4 is 5.01 Å². The van der Waals surface area contributed by atoms with Crippen LogP contribution in [0.15, 0.2) is 64.9 Å². The summed E-state index contributed by atoms with van der Waals surface area (Å²) in [5.41, 5.74) is 0.530. The predicted molar refractivity (Wildman–Crippen MR) is 82.3 cm³/mol. The number of nitrogens with zero attached hydrogens (tertiary/aromatic N) is 3. The average Bonchev–Trinajstić information content (AvgIpc) is 3.02. The standard InChI is InChI=1S/C17H13N3O2/c1-2-13-7-6-10-15(11-13)20-17(16(21)22,12-18-19-20)14-8-4-3-5-9-14/h1,3-11H,12H2,(H,21,22). The van der Waals surface area contributed by atoms with E-state index in [0.29, 0.717) is 16.8 Å². The lowest BCUT2D eigenvalue weighted by Crippen LogP contribution is -2.49. The molecule has 0 aromatic heterocycles. The number of rotatable bonds is 3. The van der Waals surface area contributed by atoms with Gasteiger partial charge in [-0.3, -0.25) is 0 Å². The van der Waals surface area contributed by atoms with Gasteiger partial charge in [-0.15, -0.1) is 6.42 Å². The van der Waals surface area contributed by atoms with Crippen LogP contribution in [0.25, 0.3) is 0 Å². The third kappa shape index (κ3) is 2.02. The van der Waals surface area contributed by atoms with Crippen molar-refractivity contribution in [1.82, 2.24) is 0 Å². The fourth-order valence-electron chi connectivity index (χ4n) is 2.55. The van der Waals surface area contributed by atoms with Gasteiger partial charge in [0.1, 0.15) is 6.54 Å². The van der Waals surface area contributed by atoms with Crippen LogP contribution in [0.5, 0.6) is 0 Å². The van der Waals surface area contributed by atoms with Gasteiger partial charge < -0.3 is 5.11 Å². The van der Waals surface area contributed by atoms with Crippen LogP contribution in [0.1, 0.15) is 11.1 Å². The topological polar surface area (TPSA) is 65.3 Å². The summed E-state index contributed by atoms with van der Waals surface area (Å²) in [5, 5.41) is 19.3. The highest BCUT2D eigenvalue weighted by atomic mass is 16.4. The Morgan fingerprint density at radius 1 is 1.23 bits per heavy atom. The molecule has 0 spiro atoms. The van der Waals surface area contributed by atoms with Crippen molar-refractivity contribution in [2.75, 3.05) is 11.6 Å². The molecule has 22 heavy (non-hydrogen) atoms. The molecule has 1 N–H and O–H groups in total. The van der Waals surface area contributed by atoms with Crippen LogP contribution >= 0.6 is 0 Å². The van der Waals surface area contributed by atoms with E-state index in [1.54, 1.807) is 48.5 Å². The molecule has 1 atom stereocenters. The first-order valence-electron chi connectivity index (χ1n) is 6.72. The summed E-state index contributed by atoms with van der Waals surface area (Å²) in [6, 6.07) is 16.0. The zero-order valence-corrected chi connectivity index (χ0v) is 11.7. The number of carboxylic acid groups (broad SMARTS) is 1. The summed E-state index contributed by atoms with van der Waals surface area (Å²) in [4.78, 5) is 12.1. The van der Waals surface area contributed by atoms with E-state index in [2.05, 4.69) is 16.3 Å². The van der Waals surface area contributed by atoms with E-state index in [9.17, 15) is 9.90 Å². The molecule has 108 valence electrons. The first-order valence-corrected chi connectivity index (χ1v) is 6.72. The maximum Gasteiger partial charge on any atom is 0.338 e. The molecule has 0 aliphatic carbocycles. The minimum atomic E-state index is -1.35. The SMILES string of the molecule is C#Cc1cccc(N2N=NCC2(C(=O)O)c2ccccc2)c1. The van der Waals surface area contributed by atoms with Crippen molar-refractivity contribution in [3.63, 3.8) is 0 Å². The zero-order valence-electron chi connectivity index (χ0n) is 11.7. The van der Waals surface area contributed by atoms with Crippen LogP contribution in [-0.4, -0.2) is 17.6 Å². The Bertz CT molecular complexity index is 780. The van der Waals surface area contributed by atoms with Crippen molar-refractivity contribution in [1.29, 1.82) is 0 Å². The Morgan fingerprint density at radius 3 is 2.68 bits per heavy atom. The predicted octanol–water partition coefficient (Wildman–Crippen LogP) is 2.84. The van der Waals surface area contributed by atoms with Crippen molar-refractivity contribution in [3.8, 4) is 12.3 Å². The minimum absolute atomic E-state index is 0.0482. The maximum absolute atomic E-state index is 12.1. The van der Waals surface area contributed by atoms with Gasteiger partial charge in [0.05, 0.1) is 5.69 Å². The lowest BCUT2D eigenvalue weighted by Gasteiger charge is -2.32. The van der Waals surface area contributed by atoms with Crippen molar-refractivity contribution < 1.29 is 9.90 Å². The number of aliphatic carboxylic acids is 1. The van der Waals surface area contributed by atoms with E-state index in [0.717, 1.165) is 0 Å². The average molecular weight is 291 g/mol. The first-order chi connectivity index (χ1) is 10.7. The van der Waals surface area contributed by atoms with Gasteiger partial charge in [-0.2, -0.15) is 5.11 Å². The van der Waals surface area contributed by atoms with Gasteiger partial charge in [0, 0.05) is 5.56 Å². The van der Waals surface area contributed by atoms with Gasteiger partial charge in [0.15, 0.2) is 0 Å². The Balaban J connectivity index is 2.15. The van der Waals surface area contributed by atoms with Gasteiger partial charge in [0.2, 0.25) is 5.54 Å². The minimum Gasteiger partial charge on any atom is -0.479 e. The van der Waals surface area contributed by atoms with Gasteiger partial charge in [-0.1, -0.05) is 47.5 Å². The van der Waals surface area contributed by atoms with Crippen LogP contribution in [0.3, 0.4) is 0 Å². The van der Waals surface area contributed by atoms with Gasteiger partial charge in [-0.05, 0) is 23.8 Å². The molecule has 0 amide bonds. The Hall–Kier alpha value is -3.13. The Kier molecular flexibility index (Phi) is 3.36. The van der Waals surface area contributed by atoms with Crippen LogP contribution in [0.2, 0.25) is 0 Å². The molecule has 1 heterocycles. The van der Waals surface area contributed by atoms with Gasteiger partial charge in [0.25, 0.3) is 0 Å². The van der Waals surface area contributed by atoms with Gasteiger partial charge in [-0.25, -0.2) is 9.80 Å². The summed E-state index contributed by atoms with van der Waals surface area (Å²) in [6.07, 6.45) is 5.42. The number of benzene rings is 2. The van der Waals surface area contributed by atoms with E-state index in [4.69, 9.17) is 6.42 Å². The van der Waals surface area contributed by atoms with Crippen molar-refractivity contribution in [3.05, 3.63) is 65.7 Å². The van der Waals surface area contributed by atoms with Crippen molar-refractivity contribution in [2.45, 2.75) is 5.54 Å².